The predicted octanol–water partition coefficient (Wildman–Crippen LogP) is 3.47. The molecule has 0 fully saturated rings. The molecule has 0 amide bonds. The number of hydrogen-bond acceptors (Lipinski definition) is 2. The van der Waals surface area contributed by atoms with Crippen molar-refractivity contribution in [1.29, 1.82) is 0 Å². The second-order valence-electron chi connectivity index (χ2n) is 3.61. The number of aromatic amines is 1. The van der Waals surface area contributed by atoms with Crippen molar-refractivity contribution in [3.05, 3.63) is 34.9 Å². The molecule has 0 unspecified atom stereocenters. The first-order chi connectivity index (χ1) is 7.72. The van der Waals surface area contributed by atoms with Crippen molar-refractivity contribution in [2.45, 2.75) is 13.8 Å². The van der Waals surface area contributed by atoms with Crippen LogP contribution in [-0.2, 0) is 0 Å². The molecule has 0 aliphatic rings. The Bertz CT molecular complexity index is 474. The van der Waals surface area contributed by atoms with Crippen LogP contribution in [0.2, 0.25) is 5.02 Å². The van der Waals surface area contributed by atoms with Gasteiger partial charge in [-0.3, -0.25) is 5.10 Å². The van der Waals surface area contributed by atoms with Crippen LogP contribution in [0.5, 0.6) is 0 Å². The first-order valence-corrected chi connectivity index (χ1v) is 5.65. The maximum Gasteiger partial charge on any atom is 0.151 e. The molecule has 0 aliphatic carbocycles. The number of anilines is 1. The maximum atomic E-state index is 5.86. The SMILES string of the molecule is CCNc1n[nH]c(-c2ccc(Cl)cc2)c1C. The van der Waals surface area contributed by atoms with E-state index < -0.39 is 0 Å². The fourth-order valence-corrected chi connectivity index (χ4v) is 1.76. The number of halogens is 1. The van der Waals surface area contributed by atoms with Gasteiger partial charge in [-0.1, -0.05) is 23.7 Å². The van der Waals surface area contributed by atoms with E-state index in [4.69, 9.17) is 11.6 Å². The van der Waals surface area contributed by atoms with Gasteiger partial charge < -0.3 is 5.32 Å². The Kier molecular flexibility index (Phi) is 3.15. The van der Waals surface area contributed by atoms with Crippen LogP contribution in [0.4, 0.5) is 5.82 Å². The van der Waals surface area contributed by atoms with Crippen molar-refractivity contribution in [2.24, 2.45) is 0 Å². The van der Waals surface area contributed by atoms with Crippen LogP contribution in [0.1, 0.15) is 12.5 Å². The van der Waals surface area contributed by atoms with Gasteiger partial charge >= 0.3 is 0 Å². The Morgan fingerprint density at radius 2 is 2.00 bits per heavy atom. The Morgan fingerprint density at radius 3 is 2.62 bits per heavy atom. The van der Waals surface area contributed by atoms with E-state index in [1.165, 1.54) is 0 Å². The van der Waals surface area contributed by atoms with Crippen molar-refractivity contribution in [3.63, 3.8) is 0 Å². The molecule has 1 aromatic heterocycles. The molecule has 0 spiro atoms. The molecule has 16 heavy (non-hydrogen) atoms. The molecule has 2 rings (SSSR count). The average Bonchev–Trinajstić information content (AvgIpc) is 2.63. The normalized spacial score (nSPS) is 10.4. The van der Waals surface area contributed by atoms with Crippen LogP contribution in [0.3, 0.4) is 0 Å². The van der Waals surface area contributed by atoms with E-state index in [1.54, 1.807) is 0 Å². The third kappa shape index (κ3) is 2.04. The highest BCUT2D eigenvalue weighted by atomic mass is 35.5. The summed E-state index contributed by atoms with van der Waals surface area (Å²) in [6, 6.07) is 7.73. The second kappa shape index (κ2) is 4.58. The van der Waals surface area contributed by atoms with Gasteiger partial charge in [0, 0.05) is 17.1 Å². The van der Waals surface area contributed by atoms with E-state index >= 15 is 0 Å². The Morgan fingerprint density at radius 1 is 1.31 bits per heavy atom. The molecule has 0 radical (unpaired) electrons. The summed E-state index contributed by atoms with van der Waals surface area (Å²) in [4.78, 5) is 0. The summed E-state index contributed by atoms with van der Waals surface area (Å²) in [7, 11) is 0. The number of nitrogens with zero attached hydrogens (tertiary/aromatic N) is 1. The van der Waals surface area contributed by atoms with Gasteiger partial charge in [-0.05, 0) is 31.5 Å². The quantitative estimate of drug-likeness (QED) is 0.855. The summed E-state index contributed by atoms with van der Waals surface area (Å²) in [6.45, 7) is 4.97. The van der Waals surface area contributed by atoms with Crippen LogP contribution in [0.15, 0.2) is 24.3 Å². The minimum atomic E-state index is 0.743. The second-order valence-corrected chi connectivity index (χ2v) is 4.05. The van der Waals surface area contributed by atoms with Crippen molar-refractivity contribution >= 4 is 17.4 Å². The van der Waals surface area contributed by atoms with Gasteiger partial charge in [0.1, 0.15) is 0 Å². The Labute approximate surface area is 99.8 Å². The number of benzene rings is 1. The summed E-state index contributed by atoms with van der Waals surface area (Å²) >= 11 is 5.86. The molecule has 0 bridgehead atoms. The molecule has 3 nitrogen and oxygen atoms in total. The zero-order chi connectivity index (χ0) is 11.5. The van der Waals surface area contributed by atoms with Crippen LogP contribution >= 0.6 is 11.6 Å². The predicted molar refractivity (Wildman–Crippen MR) is 67.9 cm³/mol. The Balaban J connectivity index is 2.37. The third-order valence-electron chi connectivity index (χ3n) is 2.49. The molecule has 1 heterocycles. The van der Waals surface area contributed by atoms with Crippen molar-refractivity contribution < 1.29 is 0 Å². The van der Waals surface area contributed by atoms with Crippen molar-refractivity contribution in [1.82, 2.24) is 10.2 Å². The van der Waals surface area contributed by atoms with E-state index in [0.717, 1.165) is 34.2 Å². The van der Waals surface area contributed by atoms with Gasteiger partial charge in [-0.15, -0.1) is 0 Å². The number of hydrogen-bond donors (Lipinski definition) is 2. The molecular formula is C12H14ClN3. The first-order valence-electron chi connectivity index (χ1n) is 5.27. The van der Waals surface area contributed by atoms with E-state index in [1.807, 2.05) is 31.2 Å². The molecule has 4 heteroatoms. The average molecular weight is 236 g/mol. The van der Waals surface area contributed by atoms with Crippen molar-refractivity contribution in [2.75, 3.05) is 11.9 Å². The molecule has 2 N–H and O–H groups in total. The highest BCUT2D eigenvalue weighted by Crippen LogP contribution is 2.26. The van der Waals surface area contributed by atoms with Gasteiger partial charge in [0.2, 0.25) is 0 Å². The standard InChI is InChI=1S/C12H14ClN3/c1-3-14-12-8(2)11(15-16-12)9-4-6-10(13)7-5-9/h4-7H,3H2,1-2H3,(H2,14,15,16). The summed E-state index contributed by atoms with van der Waals surface area (Å²) in [5.74, 6) is 0.910. The van der Waals surface area contributed by atoms with E-state index in [0.29, 0.717) is 0 Å². The van der Waals surface area contributed by atoms with Crippen LogP contribution in [0, 0.1) is 6.92 Å². The lowest BCUT2D eigenvalue weighted by atomic mass is 10.1. The van der Waals surface area contributed by atoms with Crippen LogP contribution in [0.25, 0.3) is 11.3 Å². The monoisotopic (exact) mass is 235 g/mol. The van der Waals surface area contributed by atoms with Gasteiger partial charge in [0.15, 0.2) is 5.82 Å². The summed E-state index contributed by atoms with van der Waals surface area (Å²) in [6.07, 6.45) is 0. The smallest absolute Gasteiger partial charge is 0.151 e. The summed E-state index contributed by atoms with van der Waals surface area (Å²) in [5.41, 5.74) is 3.26. The molecule has 1 aromatic carbocycles. The third-order valence-corrected chi connectivity index (χ3v) is 2.74. The Hall–Kier alpha value is -1.48. The van der Waals surface area contributed by atoms with Gasteiger partial charge in [-0.2, -0.15) is 5.10 Å². The largest absolute Gasteiger partial charge is 0.369 e. The topological polar surface area (TPSA) is 40.7 Å². The number of rotatable bonds is 3. The van der Waals surface area contributed by atoms with Crippen molar-refractivity contribution in [3.8, 4) is 11.3 Å². The first kappa shape index (κ1) is 11.0. The molecule has 2 aromatic rings. The number of nitrogens with one attached hydrogen (secondary N) is 2. The zero-order valence-corrected chi connectivity index (χ0v) is 10.1. The molecule has 0 saturated carbocycles. The van der Waals surface area contributed by atoms with E-state index in [2.05, 4.69) is 22.4 Å². The number of aromatic nitrogens is 2. The van der Waals surface area contributed by atoms with Crippen LogP contribution < -0.4 is 5.32 Å². The van der Waals surface area contributed by atoms with Crippen LogP contribution in [-0.4, -0.2) is 16.7 Å². The maximum absolute atomic E-state index is 5.86. The fraction of sp³-hybridized carbons (Fsp3) is 0.250. The molecular weight excluding hydrogens is 222 g/mol. The lowest BCUT2D eigenvalue weighted by Gasteiger charge is -2.01. The lowest BCUT2D eigenvalue weighted by molar-refractivity contribution is 1.07. The fourth-order valence-electron chi connectivity index (χ4n) is 1.64. The highest BCUT2D eigenvalue weighted by Gasteiger charge is 2.09. The van der Waals surface area contributed by atoms with Gasteiger partial charge in [0.25, 0.3) is 0 Å². The highest BCUT2D eigenvalue weighted by molar-refractivity contribution is 6.30. The molecule has 84 valence electrons. The minimum absolute atomic E-state index is 0.743. The zero-order valence-electron chi connectivity index (χ0n) is 9.34. The lowest BCUT2D eigenvalue weighted by Crippen LogP contribution is -1.97. The minimum Gasteiger partial charge on any atom is -0.369 e. The summed E-state index contributed by atoms with van der Waals surface area (Å²) in [5, 5.41) is 11.2. The van der Waals surface area contributed by atoms with Gasteiger partial charge in [0.05, 0.1) is 5.69 Å². The molecule has 0 atom stereocenters. The van der Waals surface area contributed by atoms with E-state index in [9.17, 15) is 0 Å². The summed E-state index contributed by atoms with van der Waals surface area (Å²) < 4.78 is 0. The number of H-pyrrole nitrogens is 1. The molecule has 0 aliphatic heterocycles. The molecule has 0 saturated heterocycles. The van der Waals surface area contributed by atoms with Gasteiger partial charge in [-0.25, -0.2) is 0 Å². The van der Waals surface area contributed by atoms with E-state index in [-0.39, 0.29) is 0 Å².